The van der Waals surface area contributed by atoms with E-state index in [1.54, 1.807) is 0 Å². The topological polar surface area (TPSA) is 61.6 Å². The van der Waals surface area contributed by atoms with Crippen molar-refractivity contribution in [3.63, 3.8) is 0 Å². The first kappa shape index (κ1) is 15.4. The van der Waals surface area contributed by atoms with Crippen molar-refractivity contribution in [1.82, 2.24) is 15.1 Å². The summed E-state index contributed by atoms with van der Waals surface area (Å²) in [6, 6.07) is 0.0441. The van der Waals surface area contributed by atoms with Crippen LogP contribution in [-0.4, -0.2) is 68.1 Å². The van der Waals surface area contributed by atoms with Crippen molar-refractivity contribution < 1.29 is 4.79 Å². The predicted octanol–water partition coefficient (Wildman–Crippen LogP) is -0.134. The number of hydrogen-bond acceptors (Lipinski definition) is 4. The van der Waals surface area contributed by atoms with E-state index in [1.165, 1.54) is 0 Å². The van der Waals surface area contributed by atoms with Gasteiger partial charge in [0.25, 0.3) is 0 Å². The van der Waals surface area contributed by atoms with Gasteiger partial charge in [-0.1, -0.05) is 19.8 Å². The van der Waals surface area contributed by atoms with Gasteiger partial charge in [-0.25, -0.2) is 0 Å². The second-order valence-corrected chi connectivity index (χ2v) is 5.39. The SMILES string of the molecule is CCCC[C@H](N)C(=O)NCC1CN(C)CCN1C. The average molecular weight is 256 g/mol. The molecule has 0 aromatic rings. The first-order chi connectivity index (χ1) is 8.54. The minimum Gasteiger partial charge on any atom is -0.353 e. The van der Waals surface area contributed by atoms with Crippen LogP contribution in [-0.2, 0) is 4.79 Å². The van der Waals surface area contributed by atoms with E-state index >= 15 is 0 Å². The summed E-state index contributed by atoms with van der Waals surface area (Å²) in [5.41, 5.74) is 5.84. The fourth-order valence-electron chi connectivity index (χ4n) is 2.23. The summed E-state index contributed by atoms with van der Waals surface area (Å²) < 4.78 is 0. The Balaban J connectivity index is 2.28. The standard InChI is InChI=1S/C13H28N4O/c1-4-5-6-12(14)13(18)15-9-11-10-16(2)7-8-17(11)3/h11-12H,4-10,14H2,1-3H3,(H,15,18)/t11?,12-/m0/s1. The Hall–Kier alpha value is -0.650. The molecule has 1 amide bonds. The number of nitrogens with one attached hydrogen (secondary N) is 1. The van der Waals surface area contributed by atoms with E-state index in [2.05, 4.69) is 36.1 Å². The zero-order chi connectivity index (χ0) is 13.5. The van der Waals surface area contributed by atoms with Crippen LogP contribution in [0.1, 0.15) is 26.2 Å². The smallest absolute Gasteiger partial charge is 0.236 e. The van der Waals surface area contributed by atoms with Crippen molar-refractivity contribution in [2.75, 3.05) is 40.3 Å². The molecule has 106 valence electrons. The molecule has 0 radical (unpaired) electrons. The summed E-state index contributed by atoms with van der Waals surface area (Å²) in [4.78, 5) is 16.4. The first-order valence-corrected chi connectivity index (χ1v) is 6.96. The number of unbranched alkanes of at least 4 members (excludes halogenated alkanes) is 1. The molecule has 18 heavy (non-hydrogen) atoms. The van der Waals surface area contributed by atoms with Crippen LogP contribution in [0, 0.1) is 0 Å². The lowest BCUT2D eigenvalue weighted by Gasteiger charge is -2.37. The Morgan fingerprint density at radius 1 is 1.44 bits per heavy atom. The number of likely N-dealkylation sites (N-methyl/N-ethyl adjacent to an activating group) is 2. The van der Waals surface area contributed by atoms with Gasteiger partial charge in [0.1, 0.15) is 0 Å². The third-order valence-corrected chi connectivity index (χ3v) is 3.70. The second kappa shape index (κ2) is 7.71. The molecule has 1 heterocycles. The van der Waals surface area contributed by atoms with Gasteiger partial charge in [-0.15, -0.1) is 0 Å². The molecular weight excluding hydrogens is 228 g/mol. The molecule has 2 atom stereocenters. The Morgan fingerprint density at radius 2 is 2.17 bits per heavy atom. The molecule has 0 aromatic carbocycles. The highest BCUT2D eigenvalue weighted by atomic mass is 16.2. The van der Waals surface area contributed by atoms with Crippen LogP contribution in [0.2, 0.25) is 0 Å². The third kappa shape index (κ3) is 4.92. The number of carbonyl (C=O) groups excluding carboxylic acids is 1. The normalized spacial score (nSPS) is 23.9. The van der Waals surface area contributed by atoms with Crippen LogP contribution < -0.4 is 11.1 Å². The van der Waals surface area contributed by atoms with Crippen LogP contribution >= 0.6 is 0 Å². The number of rotatable bonds is 6. The summed E-state index contributed by atoms with van der Waals surface area (Å²) in [5.74, 6) is -0.00919. The van der Waals surface area contributed by atoms with Gasteiger partial charge >= 0.3 is 0 Å². The highest BCUT2D eigenvalue weighted by Crippen LogP contribution is 2.05. The Morgan fingerprint density at radius 3 is 2.83 bits per heavy atom. The van der Waals surface area contributed by atoms with Gasteiger partial charge in [0.05, 0.1) is 6.04 Å². The summed E-state index contributed by atoms with van der Waals surface area (Å²) in [7, 11) is 4.23. The Kier molecular flexibility index (Phi) is 6.60. The van der Waals surface area contributed by atoms with Crippen molar-refractivity contribution in [2.45, 2.75) is 38.3 Å². The molecule has 1 saturated heterocycles. The van der Waals surface area contributed by atoms with E-state index < -0.39 is 0 Å². The number of nitrogens with zero attached hydrogens (tertiary/aromatic N) is 2. The largest absolute Gasteiger partial charge is 0.353 e. The Labute approximate surface area is 111 Å². The molecule has 5 nitrogen and oxygen atoms in total. The van der Waals surface area contributed by atoms with E-state index in [0.29, 0.717) is 12.6 Å². The lowest BCUT2D eigenvalue weighted by molar-refractivity contribution is -0.122. The second-order valence-electron chi connectivity index (χ2n) is 5.39. The average Bonchev–Trinajstić information content (AvgIpc) is 2.36. The molecular formula is C13H28N4O. The summed E-state index contributed by atoms with van der Waals surface area (Å²) >= 11 is 0. The van der Waals surface area contributed by atoms with Crippen molar-refractivity contribution in [1.29, 1.82) is 0 Å². The number of nitrogens with two attached hydrogens (primary N) is 1. The summed E-state index contributed by atoms with van der Waals surface area (Å²) in [5, 5.41) is 2.98. The lowest BCUT2D eigenvalue weighted by atomic mass is 10.1. The minimum atomic E-state index is -0.350. The fourth-order valence-corrected chi connectivity index (χ4v) is 2.23. The monoisotopic (exact) mass is 256 g/mol. The van der Waals surface area contributed by atoms with Crippen LogP contribution in [0.4, 0.5) is 0 Å². The van der Waals surface area contributed by atoms with E-state index in [1.807, 2.05) is 0 Å². The van der Waals surface area contributed by atoms with Gasteiger partial charge in [-0.05, 0) is 20.5 Å². The summed E-state index contributed by atoms with van der Waals surface area (Å²) in [6.07, 6.45) is 2.88. The van der Waals surface area contributed by atoms with Crippen LogP contribution in [0.15, 0.2) is 0 Å². The highest BCUT2D eigenvalue weighted by molar-refractivity contribution is 5.81. The minimum absolute atomic E-state index is 0.00919. The van der Waals surface area contributed by atoms with Crippen molar-refractivity contribution >= 4 is 5.91 Å². The molecule has 1 rings (SSSR count). The van der Waals surface area contributed by atoms with Gasteiger partial charge in [-0.3, -0.25) is 9.69 Å². The third-order valence-electron chi connectivity index (χ3n) is 3.70. The number of piperazine rings is 1. The highest BCUT2D eigenvalue weighted by Gasteiger charge is 2.23. The zero-order valence-corrected chi connectivity index (χ0v) is 12.0. The molecule has 1 aliphatic heterocycles. The molecule has 1 fully saturated rings. The van der Waals surface area contributed by atoms with Crippen molar-refractivity contribution in [2.24, 2.45) is 5.73 Å². The van der Waals surface area contributed by atoms with Crippen molar-refractivity contribution in [3.8, 4) is 0 Å². The maximum Gasteiger partial charge on any atom is 0.236 e. The van der Waals surface area contributed by atoms with Gasteiger partial charge in [0.15, 0.2) is 0 Å². The molecule has 3 N–H and O–H groups in total. The molecule has 1 unspecified atom stereocenters. The van der Waals surface area contributed by atoms with E-state index in [-0.39, 0.29) is 11.9 Å². The fraction of sp³-hybridized carbons (Fsp3) is 0.923. The number of amides is 1. The van der Waals surface area contributed by atoms with Gasteiger partial charge in [0.2, 0.25) is 5.91 Å². The molecule has 5 heteroatoms. The molecule has 0 saturated carbocycles. The maximum atomic E-state index is 11.8. The van der Waals surface area contributed by atoms with Crippen LogP contribution in [0.3, 0.4) is 0 Å². The van der Waals surface area contributed by atoms with E-state index in [9.17, 15) is 4.79 Å². The van der Waals surface area contributed by atoms with Gasteiger partial charge in [-0.2, -0.15) is 0 Å². The quantitative estimate of drug-likeness (QED) is 0.695. The molecule has 1 aliphatic rings. The van der Waals surface area contributed by atoms with Gasteiger partial charge in [0, 0.05) is 32.2 Å². The van der Waals surface area contributed by atoms with E-state index in [0.717, 1.165) is 38.9 Å². The van der Waals surface area contributed by atoms with Crippen molar-refractivity contribution in [3.05, 3.63) is 0 Å². The van der Waals surface area contributed by atoms with Crippen LogP contribution in [0.5, 0.6) is 0 Å². The van der Waals surface area contributed by atoms with Crippen LogP contribution in [0.25, 0.3) is 0 Å². The predicted molar refractivity (Wildman–Crippen MR) is 74.4 cm³/mol. The molecule has 0 bridgehead atoms. The summed E-state index contributed by atoms with van der Waals surface area (Å²) in [6.45, 7) is 5.95. The molecule has 0 aromatic heterocycles. The lowest BCUT2D eigenvalue weighted by Crippen LogP contribution is -2.55. The van der Waals surface area contributed by atoms with Gasteiger partial charge < -0.3 is 16.0 Å². The van der Waals surface area contributed by atoms with E-state index in [4.69, 9.17) is 5.73 Å². The molecule has 0 spiro atoms. The molecule has 0 aliphatic carbocycles. The number of hydrogen-bond donors (Lipinski definition) is 2. The maximum absolute atomic E-state index is 11.8. The Bertz CT molecular complexity index is 259. The zero-order valence-electron chi connectivity index (χ0n) is 12.0. The first-order valence-electron chi connectivity index (χ1n) is 6.96. The number of carbonyl (C=O) groups is 1.